The fourth-order valence-electron chi connectivity index (χ4n) is 4.90. The van der Waals surface area contributed by atoms with Crippen molar-refractivity contribution >= 4 is 12.0 Å². The quantitative estimate of drug-likeness (QED) is 0.389. The lowest BCUT2D eigenvalue weighted by atomic mass is 9.72. The molecule has 1 aliphatic carbocycles. The predicted octanol–water partition coefficient (Wildman–Crippen LogP) is 6.67. The minimum absolute atomic E-state index is 0.0211. The van der Waals surface area contributed by atoms with Crippen molar-refractivity contribution < 1.29 is 14.6 Å². The number of nitrogens with one attached hydrogen (secondary N) is 1. The fourth-order valence-corrected chi connectivity index (χ4v) is 4.90. The molecule has 1 aromatic rings. The van der Waals surface area contributed by atoms with E-state index in [0.717, 1.165) is 44.4 Å². The van der Waals surface area contributed by atoms with Gasteiger partial charge in [-0.25, -0.2) is 0 Å². The molecule has 31 heavy (non-hydrogen) atoms. The van der Waals surface area contributed by atoms with Gasteiger partial charge in [0.05, 0.1) is 0 Å². The summed E-state index contributed by atoms with van der Waals surface area (Å²) in [5.74, 6) is 0.894. The highest BCUT2D eigenvalue weighted by Crippen LogP contribution is 2.46. The number of carboxylic acids is 1. The van der Waals surface area contributed by atoms with E-state index in [1.54, 1.807) is 0 Å². The van der Waals surface area contributed by atoms with E-state index in [9.17, 15) is 4.79 Å². The number of ether oxygens (including phenoxy) is 1. The number of hydrogen-bond acceptors (Lipinski definition) is 3. The van der Waals surface area contributed by atoms with Crippen molar-refractivity contribution in [3.63, 3.8) is 0 Å². The van der Waals surface area contributed by atoms with Crippen molar-refractivity contribution in [2.24, 2.45) is 5.41 Å². The van der Waals surface area contributed by atoms with Gasteiger partial charge in [-0.15, -0.1) is 0 Å². The molecule has 0 amide bonds. The van der Waals surface area contributed by atoms with Gasteiger partial charge in [0.15, 0.2) is 0 Å². The summed E-state index contributed by atoms with van der Waals surface area (Å²) in [6.07, 6.45) is 12.0. The monoisotopic (exact) mass is 425 g/mol. The van der Waals surface area contributed by atoms with Crippen LogP contribution in [0.25, 0.3) is 6.08 Å². The Kier molecular flexibility index (Phi) is 7.85. The maximum Gasteiger partial charge on any atom is 0.303 e. The van der Waals surface area contributed by atoms with Crippen LogP contribution in [0.2, 0.25) is 0 Å². The zero-order valence-electron chi connectivity index (χ0n) is 19.7. The minimum atomic E-state index is -0.707. The van der Waals surface area contributed by atoms with E-state index >= 15 is 0 Å². The molecule has 1 heterocycles. The number of benzene rings is 1. The topological polar surface area (TPSA) is 58.6 Å². The molecule has 0 fully saturated rings. The van der Waals surface area contributed by atoms with E-state index in [2.05, 4.69) is 63.4 Å². The first-order valence-electron chi connectivity index (χ1n) is 12.0. The molecule has 1 aromatic carbocycles. The molecule has 0 saturated heterocycles. The lowest BCUT2D eigenvalue weighted by Crippen LogP contribution is -2.37. The van der Waals surface area contributed by atoms with Gasteiger partial charge in [-0.05, 0) is 72.8 Å². The Balaban J connectivity index is 1.70. The molecule has 0 saturated carbocycles. The van der Waals surface area contributed by atoms with E-state index in [0.29, 0.717) is 5.92 Å². The number of hydrogen-bond donors (Lipinski definition) is 2. The molecule has 170 valence electrons. The first kappa shape index (κ1) is 23.4. The van der Waals surface area contributed by atoms with E-state index in [1.165, 1.54) is 35.2 Å². The molecule has 4 heteroatoms. The number of fused-ring (bicyclic) bond motifs is 2. The molecule has 0 spiro atoms. The third-order valence-electron chi connectivity index (χ3n) is 6.70. The van der Waals surface area contributed by atoms with Crippen molar-refractivity contribution in [3.8, 4) is 5.75 Å². The molecule has 4 nitrogen and oxygen atoms in total. The molecule has 2 atom stereocenters. The predicted molar refractivity (Wildman–Crippen MR) is 127 cm³/mol. The second-order valence-electron chi connectivity index (χ2n) is 9.71. The highest BCUT2D eigenvalue weighted by Gasteiger charge is 2.37. The lowest BCUT2D eigenvalue weighted by Gasteiger charge is -2.40. The number of rotatable bonds is 11. The Morgan fingerprint density at radius 2 is 2.06 bits per heavy atom. The van der Waals surface area contributed by atoms with Crippen molar-refractivity contribution in [1.29, 1.82) is 0 Å². The summed E-state index contributed by atoms with van der Waals surface area (Å²) in [6, 6.07) is 6.78. The summed E-state index contributed by atoms with van der Waals surface area (Å²) < 4.78 is 6.54. The van der Waals surface area contributed by atoms with Crippen LogP contribution in [0.3, 0.4) is 0 Å². The normalized spacial score (nSPS) is 19.9. The molecule has 2 aliphatic rings. The maximum atomic E-state index is 10.6. The molecule has 0 radical (unpaired) electrons. The van der Waals surface area contributed by atoms with E-state index in [4.69, 9.17) is 9.84 Å². The highest BCUT2D eigenvalue weighted by molar-refractivity contribution is 5.67. The molecule has 0 bridgehead atoms. The Bertz CT molecular complexity index is 837. The molecule has 3 rings (SSSR count). The Morgan fingerprint density at radius 3 is 2.77 bits per heavy atom. The standard InChI is InChI=1S/C27H39NO3/c1-5-10-19(6-2)20-12-13-21-15-23-25(31-24(21)16-20)17-22(18-27(23,3)4)28-14-9-7-8-11-26(29)30/h12-13,15-17,19,25,28H,5-11,14,18H2,1-4H3,(H,29,30)/t19?,25-/m1/s1. The highest BCUT2D eigenvalue weighted by atomic mass is 16.5. The molecular formula is C27H39NO3. The summed E-state index contributed by atoms with van der Waals surface area (Å²) in [6.45, 7) is 9.99. The van der Waals surface area contributed by atoms with Gasteiger partial charge in [0.2, 0.25) is 0 Å². The van der Waals surface area contributed by atoms with Gasteiger partial charge in [0.25, 0.3) is 0 Å². The van der Waals surface area contributed by atoms with Crippen LogP contribution in [-0.2, 0) is 4.79 Å². The Labute approximate surface area is 187 Å². The zero-order valence-corrected chi connectivity index (χ0v) is 19.7. The van der Waals surface area contributed by atoms with Crippen LogP contribution in [0.5, 0.6) is 5.75 Å². The molecule has 1 aliphatic heterocycles. The van der Waals surface area contributed by atoms with Crippen LogP contribution < -0.4 is 10.1 Å². The number of carbonyl (C=O) groups is 1. The number of aliphatic carboxylic acids is 1. The van der Waals surface area contributed by atoms with Crippen molar-refractivity contribution in [3.05, 3.63) is 46.7 Å². The Hall–Kier alpha value is -2.23. The first-order valence-corrected chi connectivity index (χ1v) is 12.0. The van der Waals surface area contributed by atoms with Gasteiger partial charge in [0.1, 0.15) is 11.9 Å². The average Bonchev–Trinajstić information content (AvgIpc) is 2.72. The minimum Gasteiger partial charge on any atom is -0.481 e. The van der Waals surface area contributed by atoms with Gasteiger partial charge >= 0.3 is 5.97 Å². The first-order chi connectivity index (χ1) is 14.8. The molecule has 0 aromatic heterocycles. The van der Waals surface area contributed by atoms with Gasteiger partial charge in [-0.2, -0.15) is 0 Å². The van der Waals surface area contributed by atoms with Crippen LogP contribution >= 0.6 is 0 Å². The number of carboxylic acid groups (broad SMARTS) is 1. The summed E-state index contributed by atoms with van der Waals surface area (Å²) in [5.41, 5.74) is 5.20. The summed E-state index contributed by atoms with van der Waals surface area (Å²) in [7, 11) is 0. The van der Waals surface area contributed by atoms with E-state index in [-0.39, 0.29) is 17.9 Å². The Morgan fingerprint density at radius 1 is 1.26 bits per heavy atom. The zero-order chi connectivity index (χ0) is 22.4. The third-order valence-corrected chi connectivity index (χ3v) is 6.70. The van der Waals surface area contributed by atoms with Crippen LogP contribution in [0.15, 0.2) is 35.5 Å². The van der Waals surface area contributed by atoms with Crippen LogP contribution in [-0.4, -0.2) is 23.7 Å². The summed E-state index contributed by atoms with van der Waals surface area (Å²) >= 11 is 0. The molecule has 1 unspecified atom stereocenters. The van der Waals surface area contributed by atoms with Crippen LogP contribution in [0, 0.1) is 5.41 Å². The van der Waals surface area contributed by atoms with Gasteiger partial charge in [0, 0.05) is 24.2 Å². The third kappa shape index (κ3) is 5.93. The fraction of sp³-hybridized carbons (Fsp3) is 0.593. The van der Waals surface area contributed by atoms with Crippen molar-refractivity contribution in [2.75, 3.05) is 6.54 Å². The summed E-state index contributed by atoms with van der Waals surface area (Å²) in [4.78, 5) is 10.6. The maximum absolute atomic E-state index is 10.6. The van der Waals surface area contributed by atoms with Gasteiger partial charge in [-0.3, -0.25) is 4.79 Å². The molecule has 2 N–H and O–H groups in total. The van der Waals surface area contributed by atoms with Crippen molar-refractivity contribution in [2.45, 2.75) is 91.1 Å². The second kappa shape index (κ2) is 10.4. The largest absolute Gasteiger partial charge is 0.481 e. The SMILES string of the molecule is CCCC(CC)c1ccc2c(c1)O[C@@H]1C=C(NCCCCCC(=O)O)CC(C)(C)C1=C2. The number of unbranched alkanes of at least 4 members (excludes halogenated alkanes) is 2. The van der Waals surface area contributed by atoms with Crippen LogP contribution in [0.1, 0.15) is 96.1 Å². The summed E-state index contributed by atoms with van der Waals surface area (Å²) in [5, 5.41) is 12.3. The smallest absolute Gasteiger partial charge is 0.303 e. The van der Waals surface area contributed by atoms with E-state index in [1.807, 2.05) is 0 Å². The second-order valence-corrected chi connectivity index (χ2v) is 9.71. The lowest BCUT2D eigenvalue weighted by molar-refractivity contribution is -0.137. The number of allylic oxidation sites excluding steroid dienone is 1. The van der Waals surface area contributed by atoms with E-state index < -0.39 is 5.97 Å². The average molecular weight is 426 g/mol. The van der Waals surface area contributed by atoms with Gasteiger partial charge < -0.3 is 15.2 Å². The molecular weight excluding hydrogens is 386 g/mol. The van der Waals surface area contributed by atoms with Crippen LogP contribution in [0.4, 0.5) is 0 Å². The van der Waals surface area contributed by atoms with Gasteiger partial charge in [-0.1, -0.05) is 52.7 Å². The van der Waals surface area contributed by atoms with Crippen molar-refractivity contribution in [1.82, 2.24) is 5.32 Å².